The molecule has 3 N–H and O–H groups in total. The summed E-state index contributed by atoms with van der Waals surface area (Å²) >= 11 is 0. The number of halogens is 1. The number of rotatable bonds is 2. The van der Waals surface area contributed by atoms with Crippen molar-refractivity contribution in [2.24, 2.45) is 5.73 Å². The molecule has 9 heavy (non-hydrogen) atoms. The van der Waals surface area contributed by atoms with E-state index in [1.54, 1.807) is 0 Å². The normalized spacial score (nSPS) is 9.11. The van der Waals surface area contributed by atoms with E-state index >= 15 is 0 Å². The first-order chi connectivity index (χ1) is 3.06. The van der Waals surface area contributed by atoms with Gasteiger partial charge in [0.1, 0.15) is 0 Å². The first-order valence-corrected chi connectivity index (χ1v) is 3.32. The molecule has 0 amide bonds. The minimum atomic E-state index is -3.80. The molecule has 0 rings (SSSR count). The van der Waals surface area contributed by atoms with Crippen LogP contribution in [0.25, 0.3) is 0 Å². The summed E-state index contributed by atoms with van der Waals surface area (Å²) in [5.74, 6) is -0.354. The molecule has 0 fully saturated rings. The van der Waals surface area contributed by atoms with Gasteiger partial charge in [-0.3, -0.25) is 4.55 Å². The van der Waals surface area contributed by atoms with Crippen molar-refractivity contribution in [1.29, 1.82) is 0 Å². The smallest absolute Gasteiger partial charge is 1.00 e. The van der Waals surface area contributed by atoms with Crippen molar-refractivity contribution < 1.29 is 54.9 Å². The molecule has 0 aliphatic heterocycles. The van der Waals surface area contributed by atoms with Crippen molar-refractivity contribution in [3.63, 3.8) is 0 Å². The van der Waals surface area contributed by atoms with Crippen LogP contribution in [-0.4, -0.2) is 25.3 Å². The third-order valence-electron chi connectivity index (χ3n) is 0.376. The van der Waals surface area contributed by atoms with Gasteiger partial charge in [-0.1, -0.05) is 0 Å². The van der Waals surface area contributed by atoms with E-state index in [0.717, 1.165) is 0 Å². The molecule has 0 heterocycles. The van der Waals surface area contributed by atoms with Crippen molar-refractivity contribution in [3.8, 4) is 0 Å². The third-order valence-corrected chi connectivity index (χ3v) is 1.13. The summed E-state index contributed by atoms with van der Waals surface area (Å²) < 4.78 is 27.3. The van der Waals surface area contributed by atoms with E-state index in [9.17, 15) is 8.42 Å². The summed E-state index contributed by atoms with van der Waals surface area (Å²) in [7, 11) is -3.80. The Morgan fingerprint density at radius 2 is 1.78 bits per heavy atom. The molecule has 0 unspecified atom stereocenters. The first kappa shape index (κ1) is 16.6. The van der Waals surface area contributed by atoms with Crippen LogP contribution in [0.15, 0.2) is 0 Å². The van der Waals surface area contributed by atoms with E-state index < -0.39 is 10.1 Å². The van der Waals surface area contributed by atoms with Crippen LogP contribution in [0.3, 0.4) is 0 Å². The Hall–Kier alpha value is 1.16. The average Bonchev–Trinajstić information content (AvgIpc) is 1.30. The van der Waals surface area contributed by atoms with E-state index in [1.165, 1.54) is 0 Å². The molecule has 0 saturated carbocycles. The molecule has 7 heteroatoms. The maximum atomic E-state index is 9.71. The van der Waals surface area contributed by atoms with Crippen LogP contribution < -0.4 is 47.7 Å². The topological polar surface area (TPSA) is 80.4 Å². The SMILES string of the molecule is NCCS(=O)(=O)O.[Cl-].[Na+]. The van der Waals surface area contributed by atoms with Crippen molar-refractivity contribution in [3.05, 3.63) is 0 Å². The van der Waals surface area contributed by atoms with E-state index in [1.807, 2.05) is 0 Å². The summed E-state index contributed by atoms with van der Waals surface area (Å²) in [5.41, 5.74) is 4.78. The van der Waals surface area contributed by atoms with E-state index in [4.69, 9.17) is 10.3 Å². The predicted molar refractivity (Wildman–Crippen MR) is 25.5 cm³/mol. The summed E-state index contributed by atoms with van der Waals surface area (Å²) in [6, 6.07) is 0. The van der Waals surface area contributed by atoms with Crippen LogP contribution in [0.2, 0.25) is 0 Å². The van der Waals surface area contributed by atoms with Crippen LogP contribution in [0, 0.1) is 0 Å². The Morgan fingerprint density at radius 3 is 1.78 bits per heavy atom. The zero-order chi connectivity index (χ0) is 5.91. The van der Waals surface area contributed by atoms with E-state index in [-0.39, 0.29) is 54.3 Å². The Bertz CT molecular complexity index is 135. The van der Waals surface area contributed by atoms with Gasteiger partial charge in [0.25, 0.3) is 10.1 Å². The van der Waals surface area contributed by atoms with Crippen molar-refractivity contribution >= 4 is 10.1 Å². The van der Waals surface area contributed by atoms with Crippen molar-refractivity contribution in [2.75, 3.05) is 12.3 Å². The standard InChI is InChI=1S/C2H7NO3S.ClH.Na/c3-1-2-7(4,5)6;;/h1-3H2,(H,4,5,6);1H;/q;;+1/p-1. The Kier molecular flexibility index (Phi) is 13.4. The molecular formula is C2H7ClNNaO3S. The van der Waals surface area contributed by atoms with Gasteiger partial charge >= 0.3 is 29.6 Å². The molecule has 0 saturated heterocycles. The van der Waals surface area contributed by atoms with Gasteiger partial charge < -0.3 is 18.1 Å². The fraction of sp³-hybridized carbons (Fsp3) is 1.00. The Labute approximate surface area is 82.6 Å². The van der Waals surface area contributed by atoms with Gasteiger partial charge in [-0.25, -0.2) is 0 Å². The monoisotopic (exact) mass is 183 g/mol. The molecule has 0 aromatic rings. The number of nitrogens with two attached hydrogens (primary N) is 1. The molecule has 0 radical (unpaired) electrons. The predicted octanol–water partition coefficient (Wildman–Crippen LogP) is -7.16. The van der Waals surface area contributed by atoms with Gasteiger partial charge in [-0.05, 0) is 0 Å². The fourth-order valence-corrected chi connectivity index (χ4v) is 0.447. The van der Waals surface area contributed by atoms with Gasteiger partial charge in [-0.15, -0.1) is 0 Å². The van der Waals surface area contributed by atoms with Gasteiger partial charge in [0, 0.05) is 6.54 Å². The number of hydrogen-bond donors (Lipinski definition) is 2. The molecule has 4 nitrogen and oxygen atoms in total. The fourth-order valence-electron chi connectivity index (χ4n) is 0.149. The molecule has 0 spiro atoms. The second kappa shape index (κ2) is 7.27. The molecule has 0 aliphatic carbocycles. The molecule has 0 aromatic carbocycles. The Morgan fingerprint density at radius 1 is 1.44 bits per heavy atom. The van der Waals surface area contributed by atoms with Crippen LogP contribution in [-0.2, 0) is 10.1 Å². The van der Waals surface area contributed by atoms with E-state index in [2.05, 4.69) is 0 Å². The second-order valence-electron chi connectivity index (χ2n) is 1.07. The maximum absolute atomic E-state index is 9.71. The molecule has 52 valence electrons. The van der Waals surface area contributed by atoms with Gasteiger partial charge in [0.15, 0.2) is 0 Å². The molecule has 0 atom stereocenters. The number of hydrogen-bond acceptors (Lipinski definition) is 3. The summed E-state index contributed by atoms with van der Waals surface area (Å²) in [6.45, 7) is -0.0289. The zero-order valence-corrected chi connectivity index (χ0v) is 8.61. The summed E-state index contributed by atoms with van der Waals surface area (Å²) in [5, 5.41) is 0. The minimum Gasteiger partial charge on any atom is -1.00 e. The van der Waals surface area contributed by atoms with Crippen molar-refractivity contribution in [1.82, 2.24) is 0 Å². The Balaban J connectivity index is -0.000000180. The minimum absolute atomic E-state index is 0. The zero-order valence-electron chi connectivity index (χ0n) is 5.04. The largest absolute Gasteiger partial charge is 1.00 e. The molecule has 0 bridgehead atoms. The second-order valence-corrected chi connectivity index (χ2v) is 2.65. The van der Waals surface area contributed by atoms with Crippen LogP contribution in [0.5, 0.6) is 0 Å². The maximum Gasteiger partial charge on any atom is 1.00 e. The summed E-state index contributed by atoms with van der Waals surface area (Å²) in [6.07, 6.45) is 0. The summed E-state index contributed by atoms with van der Waals surface area (Å²) in [4.78, 5) is 0. The van der Waals surface area contributed by atoms with Crippen LogP contribution in [0.4, 0.5) is 0 Å². The first-order valence-electron chi connectivity index (χ1n) is 1.71. The van der Waals surface area contributed by atoms with Crippen LogP contribution >= 0.6 is 0 Å². The quantitative estimate of drug-likeness (QED) is 0.329. The molecule has 0 aromatic heterocycles. The van der Waals surface area contributed by atoms with Gasteiger partial charge in [0.05, 0.1) is 5.75 Å². The van der Waals surface area contributed by atoms with Crippen molar-refractivity contribution in [2.45, 2.75) is 0 Å². The van der Waals surface area contributed by atoms with Gasteiger partial charge in [0.2, 0.25) is 0 Å². The third kappa shape index (κ3) is 17.6. The molecule has 0 aliphatic rings. The van der Waals surface area contributed by atoms with Gasteiger partial charge in [-0.2, -0.15) is 8.42 Å². The molecular weight excluding hydrogens is 177 g/mol. The average molecular weight is 184 g/mol. The van der Waals surface area contributed by atoms with E-state index in [0.29, 0.717) is 0 Å². The van der Waals surface area contributed by atoms with Crippen LogP contribution in [0.1, 0.15) is 0 Å².